The molecule has 8 nitrogen and oxygen atoms in total. The van der Waals surface area contributed by atoms with Crippen molar-refractivity contribution in [1.29, 1.82) is 0 Å². The van der Waals surface area contributed by atoms with Crippen molar-refractivity contribution in [3.05, 3.63) is 33.9 Å². The molecule has 0 saturated carbocycles. The number of nitrogens with one attached hydrogen (secondary N) is 1. The van der Waals surface area contributed by atoms with Crippen LogP contribution in [0.25, 0.3) is 0 Å². The summed E-state index contributed by atoms with van der Waals surface area (Å²) in [6, 6.07) is 4.09. The number of hydrazine groups is 1. The van der Waals surface area contributed by atoms with Crippen LogP contribution >= 0.6 is 0 Å². The van der Waals surface area contributed by atoms with E-state index in [4.69, 9.17) is 10.6 Å². The van der Waals surface area contributed by atoms with Crippen LogP contribution in [0.4, 0.5) is 11.4 Å². The first kappa shape index (κ1) is 15.2. The third-order valence-corrected chi connectivity index (χ3v) is 3.75. The number of ether oxygens (including phenoxy) is 1. The number of likely N-dealkylation sites (N-methyl/N-ethyl adjacent to an activating group) is 1. The average Bonchev–Trinajstić information content (AvgIpc) is 2.90. The maximum Gasteiger partial charge on any atom is 0.293 e. The van der Waals surface area contributed by atoms with E-state index in [1.165, 1.54) is 18.2 Å². The van der Waals surface area contributed by atoms with Crippen molar-refractivity contribution in [3.8, 4) is 0 Å². The lowest BCUT2D eigenvalue weighted by molar-refractivity contribution is -0.384. The van der Waals surface area contributed by atoms with E-state index in [0.717, 1.165) is 6.42 Å². The predicted octanol–water partition coefficient (Wildman–Crippen LogP) is 1.13. The van der Waals surface area contributed by atoms with Crippen LogP contribution in [0, 0.1) is 10.1 Å². The Bertz CT molecular complexity index is 563. The molecule has 2 unspecified atom stereocenters. The minimum atomic E-state index is -0.556. The van der Waals surface area contributed by atoms with Crippen LogP contribution in [0.1, 0.15) is 23.7 Å². The van der Waals surface area contributed by atoms with Crippen molar-refractivity contribution < 1.29 is 14.5 Å². The number of nitrogens with two attached hydrogens (primary N) is 1. The van der Waals surface area contributed by atoms with Gasteiger partial charge in [0, 0.05) is 25.3 Å². The molecule has 0 spiro atoms. The third kappa shape index (κ3) is 2.96. The van der Waals surface area contributed by atoms with E-state index in [1.54, 1.807) is 11.9 Å². The summed E-state index contributed by atoms with van der Waals surface area (Å²) in [6.07, 6.45) is 0.752. The highest BCUT2D eigenvalue weighted by atomic mass is 16.6. The number of nitro groups is 1. The maximum atomic E-state index is 12.5. The molecule has 1 aliphatic rings. The van der Waals surface area contributed by atoms with Crippen molar-refractivity contribution in [2.24, 2.45) is 5.84 Å². The summed E-state index contributed by atoms with van der Waals surface area (Å²) < 4.78 is 5.45. The van der Waals surface area contributed by atoms with E-state index in [0.29, 0.717) is 12.2 Å². The van der Waals surface area contributed by atoms with E-state index in [2.05, 4.69) is 5.43 Å². The molecule has 21 heavy (non-hydrogen) atoms. The molecule has 114 valence electrons. The zero-order valence-electron chi connectivity index (χ0n) is 11.9. The minimum absolute atomic E-state index is 0.00183. The zero-order valence-corrected chi connectivity index (χ0v) is 11.9. The Hall–Kier alpha value is -2.19. The summed E-state index contributed by atoms with van der Waals surface area (Å²) >= 11 is 0. The zero-order chi connectivity index (χ0) is 15.6. The van der Waals surface area contributed by atoms with Crippen LogP contribution in [-0.2, 0) is 4.74 Å². The summed E-state index contributed by atoms with van der Waals surface area (Å²) in [5.74, 6) is 5.06. The number of carbonyl (C=O) groups is 1. The number of hydrogen-bond donors (Lipinski definition) is 2. The molecule has 1 aromatic rings. The van der Waals surface area contributed by atoms with Crippen molar-refractivity contribution in [1.82, 2.24) is 4.90 Å². The van der Waals surface area contributed by atoms with E-state index >= 15 is 0 Å². The molecule has 1 amide bonds. The SMILES string of the molecule is CC1OCCC1N(C)C(=O)c1ccc([N+](=O)[O-])c(NN)c1. The van der Waals surface area contributed by atoms with Gasteiger partial charge in [0.25, 0.3) is 11.6 Å². The van der Waals surface area contributed by atoms with E-state index in [-0.39, 0.29) is 29.4 Å². The summed E-state index contributed by atoms with van der Waals surface area (Å²) in [5.41, 5.74) is 2.53. The van der Waals surface area contributed by atoms with Crippen molar-refractivity contribution in [3.63, 3.8) is 0 Å². The highest BCUT2D eigenvalue weighted by Gasteiger charge is 2.31. The Morgan fingerprint density at radius 2 is 2.29 bits per heavy atom. The predicted molar refractivity (Wildman–Crippen MR) is 76.8 cm³/mol. The standard InChI is InChI=1S/C13H18N4O4/c1-8-11(5-6-21-8)16(2)13(18)9-3-4-12(17(19)20)10(7-9)15-14/h3-4,7-8,11,15H,5-6,14H2,1-2H3. The van der Waals surface area contributed by atoms with Crippen LogP contribution in [0.5, 0.6) is 0 Å². The Labute approximate surface area is 122 Å². The summed E-state index contributed by atoms with van der Waals surface area (Å²) in [6.45, 7) is 2.55. The Morgan fingerprint density at radius 3 is 2.81 bits per heavy atom. The number of rotatable bonds is 4. The second-order valence-electron chi connectivity index (χ2n) is 4.98. The Kier molecular flexibility index (Phi) is 4.39. The third-order valence-electron chi connectivity index (χ3n) is 3.75. The van der Waals surface area contributed by atoms with Gasteiger partial charge in [0.15, 0.2) is 0 Å². The normalized spacial score (nSPS) is 21.1. The molecular weight excluding hydrogens is 276 g/mol. The summed E-state index contributed by atoms with van der Waals surface area (Å²) in [5, 5.41) is 10.8. The maximum absolute atomic E-state index is 12.5. The van der Waals surface area contributed by atoms with Crippen LogP contribution in [0.15, 0.2) is 18.2 Å². The van der Waals surface area contributed by atoms with Crippen molar-refractivity contribution in [2.45, 2.75) is 25.5 Å². The van der Waals surface area contributed by atoms with E-state index < -0.39 is 4.92 Å². The molecular formula is C13H18N4O4. The fourth-order valence-electron chi connectivity index (χ4n) is 2.53. The lowest BCUT2D eigenvalue weighted by Crippen LogP contribution is -2.41. The number of amides is 1. The molecule has 2 rings (SSSR count). The van der Waals surface area contributed by atoms with Gasteiger partial charge in [-0.15, -0.1) is 0 Å². The fraction of sp³-hybridized carbons (Fsp3) is 0.462. The monoisotopic (exact) mass is 294 g/mol. The molecule has 1 aromatic carbocycles. The van der Waals surface area contributed by atoms with Gasteiger partial charge in [-0.2, -0.15) is 0 Å². The molecule has 0 aliphatic carbocycles. The van der Waals surface area contributed by atoms with Crippen molar-refractivity contribution >= 4 is 17.3 Å². The van der Waals surface area contributed by atoms with Crippen LogP contribution in [-0.4, -0.2) is 41.5 Å². The van der Waals surface area contributed by atoms with Gasteiger partial charge in [0.2, 0.25) is 0 Å². The lowest BCUT2D eigenvalue weighted by atomic mass is 10.1. The highest BCUT2D eigenvalue weighted by molar-refractivity contribution is 5.96. The smallest absolute Gasteiger partial charge is 0.293 e. The second kappa shape index (κ2) is 6.06. The van der Waals surface area contributed by atoms with Gasteiger partial charge in [0.1, 0.15) is 5.69 Å². The molecule has 3 N–H and O–H groups in total. The summed E-state index contributed by atoms with van der Waals surface area (Å²) in [4.78, 5) is 24.4. The number of carbonyl (C=O) groups excluding carboxylic acids is 1. The number of hydrogen-bond acceptors (Lipinski definition) is 6. The molecule has 0 radical (unpaired) electrons. The molecule has 2 atom stereocenters. The number of anilines is 1. The molecule has 1 fully saturated rings. The van der Waals surface area contributed by atoms with Gasteiger partial charge in [-0.1, -0.05) is 0 Å². The average molecular weight is 294 g/mol. The summed E-state index contributed by atoms with van der Waals surface area (Å²) in [7, 11) is 1.70. The number of nitrogen functional groups attached to an aromatic ring is 1. The molecule has 1 heterocycles. The van der Waals surface area contributed by atoms with Gasteiger partial charge >= 0.3 is 0 Å². The van der Waals surface area contributed by atoms with Crippen LogP contribution in [0.2, 0.25) is 0 Å². The first-order valence-corrected chi connectivity index (χ1v) is 6.59. The second-order valence-corrected chi connectivity index (χ2v) is 4.98. The van der Waals surface area contributed by atoms with Gasteiger partial charge < -0.3 is 15.1 Å². The topological polar surface area (TPSA) is 111 Å². The minimum Gasteiger partial charge on any atom is -0.376 e. The van der Waals surface area contributed by atoms with Gasteiger partial charge in [-0.05, 0) is 25.5 Å². The molecule has 0 aromatic heterocycles. The van der Waals surface area contributed by atoms with E-state index in [9.17, 15) is 14.9 Å². The number of nitrogens with zero attached hydrogens (tertiary/aromatic N) is 2. The van der Waals surface area contributed by atoms with Gasteiger partial charge in [-0.25, -0.2) is 0 Å². The highest BCUT2D eigenvalue weighted by Crippen LogP contribution is 2.26. The Morgan fingerprint density at radius 1 is 1.57 bits per heavy atom. The molecule has 0 bridgehead atoms. The molecule has 1 aliphatic heterocycles. The largest absolute Gasteiger partial charge is 0.376 e. The molecule has 1 saturated heterocycles. The van der Waals surface area contributed by atoms with Gasteiger partial charge in [0.05, 0.1) is 17.1 Å². The fourth-order valence-corrected chi connectivity index (χ4v) is 2.53. The quantitative estimate of drug-likeness (QED) is 0.489. The van der Waals surface area contributed by atoms with Crippen LogP contribution < -0.4 is 11.3 Å². The molecule has 8 heteroatoms. The first-order valence-electron chi connectivity index (χ1n) is 6.59. The Balaban J connectivity index is 2.25. The number of benzene rings is 1. The lowest BCUT2D eigenvalue weighted by Gasteiger charge is -2.26. The van der Waals surface area contributed by atoms with Gasteiger partial charge in [-0.3, -0.25) is 20.8 Å². The first-order chi connectivity index (χ1) is 9.95. The van der Waals surface area contributed by atoms with Crippen LogP contribution in [0.3, 0.4) is 0 Å². The van der Waals surface area contributed by atoms with E-state index in [1.807, 2.05) is 6.92 Å². The van der Waals surface area contributed by atoms with Crippen molar-refractivity contribution in [2.75, 3.05) is 19.1 Å². The number of nitro benzene ring substituents is 1.